The van der Waals surface area contributed by atoms with E-state index in [1.54, 1.807) is 11.1 Å². The second-order valence-corrected chi connectivity index (χ2v) is 18.2. The first-order valence-corrected chi connectivity index (χ1v) is 19.7. The van der Waals surface area contributed by atoms with Crippen LogP contribution in [0.4, 0.5) is 0 Å². The Labute approximate surface area is 315 Å². The van der Waals surface area contributed by atoms with Gasteiger partial charge in [0, 0.05) is 34.1 Å². The number of fused-ring (bicyclic) bond motifs is 2. The molecule has 0 N–H and O–H groups in total. The number of hydrogen-bond donors (Lipinski definition) is 0. The molecule has 274 valence electrons. The van der Waals surface area contributed by atoms with Crippen molar-refractivity contribution in [3.05, 3.63) is 117 Å². The largest absolute Gasteiger partial charge is 0.496 e. The average Bonchev–Trinajstić information content (AvgIpc) is 3.60. The van der Waals surface area contributed by atoms with Crippen molar-refractivity contribution in [3.63, 3.8) is 0 Å². The topological polar surface area (TPSA) is 18.5 Å². The molecule has 6 rings (SSSR count). The maximum atomic E-state index is 6.32. The molecule has 0 saturated carbocycles. The monoisotopic (exact) mass is 694 g/mol. The van der Waals surface area contributed by atoms with Gasteiger partial charge < -0.3 is 9.47 Å². The van der Waals surface area contributed by atoms with Crippen molar-refractivity contribution in [2.75, 3.05) is 14.2 Å². The molecule has 0 heterocycles. The lowest BCUT2D eigenvalue weighted by atomic mass is 9.76. The molecule has 0 spiro atoms. The van der Waals surface area contributed by atoms with Crippen molar-refractivity contribution in [2.24, 2.45) is 11.8 Å². The molecule has 52 heavy (non-hydrogen) atoms. The number of ether oxygens (including phenoxy) is 2. The summed E-state index contributed by atoms with van der Waals surface area (Å²) in [6, 6.07) is 26.8. The van der Waals surface area contributed by atoms with Gasteiger partial charge in [-0.05, 0) is 81.7 Å². The number of hydrogen-bond acceptors (Lipinski definition) is 2. The average molecular weight is 695 g/mol. The van der Waals surface area contributed by atoms with E-state index in [1.165, 1.54) is 55.6 Å². The van der Waals surface area contributed by atoms with Crippen LogP contribution in [0.5, 0.6) is 11.5 Å². The maximum absolute atomic E-state index is 6.32. The van der Waals surface area contributed by atoms with Crippen molar-refractivity contribution < 1.29 is 9.47 Å². The van der Waals surface area contributed by atoms with Gasteiger partial charge in [0.1, 0.15) is 11.5 Å². The lowest BCUT2D eigenvalue weighted by Gasteiger charge is -2.29. The Kier molecular flexibility index (Phi) is 10.7. The number of rotatable bonds is 11. The molecule has 2 heteroatoms. The Bertz CT molecular complexity index is 1810. The van der Waals surface area contributed by atoms with E-state index >= 15 is 0 Å². The first-order valence-electron chi connectivity index (χ1n) is 19.7. The Morgan fingerprint density at radius 1 is 0.538 bits per heavy atom. The summed E-state index contributed by atoms with van der Waals surface area (Å²) in [5, 5.41) is 0. The zero-order chi connectivity index (χ0) is 37.5. The summed E-state index contributed by atoms with van der Waals surface area (Å²) < 4.78 is 12.6. The molecule has 0 bridgehead atoms. The van der Waals surface area contributed by atoms with Gasteiger partial charge in [-0.15, -0.1) is 0 Å². The molecule has 0 aromatic heterocycles. The fourth-order valence-electron chi connectivity index (χ4n) is 8.94. The summed E-state index contributed by atoms with van der Waals surface area (Å²) in [4.78, 5) is 0. The van der Waals surface area contributed by atoms with Crippen molar-refractivity contribution >= 4 is 12.2 Å². The molecule has 0 aliphatic heterocycles. The first-order chi connectivity index (χ1) is 24.6. The van der Waals surface area contributed by atoms with Gasteiger partial charge >= 0.3 is 0 Å². The minimum absolute atomic E-state index is 0.0664. The highest BCUT2D eigenvalue weighted by Crippen LogP contribution is 2.55. The predicted octanol–water partition coefficient (Wildman–Crippen LogP) is 14.2. The lowest BCUT2D eigenvalue weighted by Crippen LogP contribution is -2.16. The highest BCUT2D eigenvalue weighted by atomic mass is 16.5. The Morgan fingerprint density at radius 2 is 0.885 bits per heavy atom. The van der Waals surface area contributed by atoms with Crippen LogP contribution in [-0.2, 0) is 10.8 Å². The van der Waals surface area contributed by atoms with E-state index in [1.807, 2.05) is 14.2 Å². The molecule has 2 atom stereocenters. The minimum atomic E-state index is -0.0664. The summed E-state index contributed by atoms with van der Waals surface area (Å²) >= 11 is 0. The van der Waals surface area contributed by atoms with Gasteiger partial charge in [-0.1, -0.05) is 165 Å². The van der Waals surface area contributed by atoms with Crippen LogP contribution in [0.2, 0.25) is 0 Å². The van der Waals surface area contributed by atoms with Gasteiger partial charge in [0.15, 0.2) is 0 Å². The van der Waals surface area contributed by atoms with E-state index in [4.69, 9.17) is 9.47 Å². The third-order valence-corrected chi connectivity index (χ3v) is 11.2. The van der Waals surface area contributed by atoms with Crippen LogP contribution < -0.4 is 9.47 Å². The molecular weight excluding hydrogens is 633 g/mol. The summed E-state index contributed by atoms with van der Waals surface area (Å²) in [6.45, 7) is 23.4. The fourth-order valence-corrected chi connectivity index (χ4v) is 8.94. The molecule has 0 radical (unpaired) electrons. The van der Waals surface area contributed by atoms with Crippen molar-refractivity contribution in [1.82, 2.24) is 0 Å². The summed E-state index contributed by atoms with van der Waals surface area (Å²) in [7, 11) is 3.69. The molecule has 0 amide bonds. The smallest absolute Gasteiger partial charge is 0.131 e. The zero-order valence-electron chi connectivity index (χ0n) is 34.0. The molecule has 4 aromatic rings. The standard InChI is InChI=1S/C50H62O2/c1-31(2)25-35-27-41-39(29-43(49(5,6)7)47(51-11)45(41)33-19-15-13-16-20-33)37(35)23-24-38-36(26-32(3)4)28-42-40(38)30-44(50(8,9)10)48(52-12)46(42)34-21-17-14-18-22-34/h13-22,27-32,37-38H,23-26H2,1-12H3. The Hall–Kier alpha value is -4.04. The van der Waals surface area contributed by atoms with Gasteiger partial charge in [-0.3, -0.25) is 0 Å². The molecule has 2 unspecified atom stereocenters. The summed E-state index contributed by atoms with van der Waals surface area (Å²) in [5.41, 5.74) is 16.2. The molecule has 2 aliphatic rings. The molecule has 2 aliphatic carbocycles. The van der Waals surface area contributed by atoms with Crippen molar-refractivity contribution in [1.29, 1.82) is 0 Å². The van der Waals surface area contributed by atoms with Gasteiger partial charge in [-0.2, -0.15) is 0 Å². The third kappa shape index (κ3) is 7.28. The van der Waals surface area contributed by atoms with Crippen LogP contribution in [0.1, 0.15) is 140 Å². The second kappa shape index (κ2) is 14.8. The van der Waals surface area contributed by atoms with Crippen LogP contribution in [0.3, 0.4) is 0 Å². The SMILES string of the molecule is COc1c(C(C)(C)C)cc2c(c1-c1ccccc1)C=C(CC(C)C)C2CCC1C(CC(C)C)=Cc2c1cc(C(C)(C)C)c(OC)c2-c1ccccc1. The maximum Gasteiger partial charge on any atom is 0.131 e. The normalized spacial score (nSPS) is 17.0. The number of allylic oxidation sites excluding steroid dienone is 2. The quantitative estimate of drug-likeness (QED) is 0.156. The second-order valence-electron chi connectivity index (χ2n) is 18.2. The summed E-state index contributed by atoms with van der Waals surface area (Å²) in [6.07, 6.45) is 9.49. The number of methoxy groups -OCH3 is 2. The first kappa shape index (κ1) is 37.7. The van der Waals surface area contributed by atoms with Crippen molar-refractivity contribution in [3.8, 4) is 33.8 Å². The summed E-state index contributed by atoms with van der Waals surface area (Å²) in [5.74, 6) is 3.91. The third-order valence-electron chi connectivity index (χ3n) is 11.2. The molecule has 0 saturated heterocycles. The lowest BCUT2D eigenvalue weighted by molar-refractivity contribution is 0.398. The van der Waals surface area contributed by atoms with Crippen LogP contribution in [0.15, 0.2) is 83.9 Å². The van der Waals surface area contributed by atoms with Crippen LogP contribution in [0.25, 0.3) is 34.4 Å². The molecular formula is C50H62O2. The zero-order valence-corrected chi connectivity index (χ0v) is 34.0. The van der Waals surface area contributed by atoms with Crippen LogP contribution in [-0.4, -0.2) is 14.2 Å². The fraction of sp³-hybridized carbons (Fsp3) is 0.440. The molecule has 0 fully saturated rings. The van der Waals surface area contributed by atoms with E-state index < -0.39 is 0 Å². The predicted molar refractivity (Wildman–Crippen MR) is 224 cm³/mol. The van der Waals surface area contributed by atoms with Crippen LogP contribution in [0, 0.1) is 11.8 Å². The Balaban J connectivity index is 1.52. The van der Waals surface area contributed by atoms with Crippen LogP contribution >= 0.6 is 0 Å². The molecule has 4 aromatic carbocycles. The van der Waals surface area contributed by atoms with E-state index in [-0.39, 0.29) is 10.8 Å². The highest BCUT2D eigenvalue weighted by Gasteiger charge is 2.37. The minimum Gasteiger partial charge on any atom is -0.496 e. The van der Waals surface area contributed by atoms with Gasteiger partial charge in [0.25, 0.3) is 0 Å². The van der Waals surface area contributed by atoms with Crippen molar-refractivity contribution in [2.45, 2.75) is 118 Å². The van der Waals surface area contributed by atoms with Gasteiger partial charge in [0.2, 0.25) is 0 Å². The van der Waals surface area contributed by atoms with Gasteiger partial charge in [0.05, 0.1) is 14.2 Å². The van der Waals surface area contributed by atoms with E-state index in [0.29, 0.717) is 23.7 Å². The van der Waals surface area contributed by atoms with Gasteiger partial charge in [-0.25, -0.2) is 0 Å². The van der Waals surface area contributed by atoms with E-state index in [9.17, 15) is 0 Å². The molecule has 2 nitrogen and oxygen atoms in total. The number of benzene rings is 4. The van der Waals surface area contributed by atoms with E-state index in [0.717, 1.165) is 37.2 Å². The highest BCUT2D eigenvalue weighted by molar-refractivity contribution is 5.89. The Morgan fingerprint density at radius 3 is 1.17 bits per heavy atom. The van der Waals surface area contributed by atoms with E-state index in [2.05, 4.69) is 154 Å².